The summed E-state index contributed by atoms with van der Waals surface area (Å²) in [4.78, 5) is 0. The Kier molecular flexibility index (Phi) is 7.04. The van der Waals surface area contributed by atoms with E-state index in [1.807, 2.05) is 32.1 Å². The third-order valence-corrected chi connectivity index (χ3v) is 4.49. The SMILES string of the molecule is C=C(/C=C\C(=C/C)OC)/[N+](O)=C1\CCCc2ccc(OCCO)c(C)c21. The summed E-state index contributed by atoms with van der Waals surface area (Å²) in [6, 6.07) is 3.96. The Morgan fingerprint density at radius 2 is 2.08 bits per heavy atom. The van der Waals surface area contributed by atoms with E-state index in [4.69, 9.17) is 14.6 Å². The van der Waals surface area contributed by atoms with Gasteiger partial charge in [0.1, 0.15) is 18.1 Å². The number of hydrogen-bond acceptors (Lipinski definition) is 4. The van der Waals surface area contributed by atoms with Gasteiger partial charge in [-0.2, -0.15) is 0 Å². The molecule has 0 heterocycles. The maximum absolute atomic E-state index is 10.7. The fraction of sp³-hybridized carbons (Fsp3) is 0.381. The van der Waals surface area contributed by atoms with Crippen LogP contribution in [0.5, 0.6) is 5.75 Å². The summed E-state index contributed by atoms with van der Waals surface area (Å²) in [6.45, 7) is 8.04. The van der Waals surface area contributed by atoms with Crippen molar-refractivity contribution in [1.29, 1.82) is 0 Å². The maximum Gasteiger partial charge on any atom is 0.250 e. The summed E-state index contributed by atoms with van der Waals surface area (Å²) in [7, 11) is 1.60. The molecule has 0 fully saturated rings. The highest BCUT2D eigenvalue weighted by molar-refractivity contribution is 6.01. The van der Waals surface area contributed by atoms with Crippen LogP contribution in [0.15, 0.2) is 48.4 Å². The quantitative estimate of drug-likeness (QED) is 0.257. The lowest BCUT2D eigenvalue weighted by Crippen LogP contribution is -2.24. The number of fused-ring (bicyclic) bond motifs is 1. The number of nitrogens with zero attached hydrogens (tertiary/aromatic N) is 1. The molecule has 2 rings (SSSR count). The number of methoxy groups -OCH3 is 1. The van der Waals surface area contributed by atoms with E-state index >= 15 is 0 Å². The molecule has 0 saturated heterocycles. The fourth-order valence-electron chi connectivity index (χ4n) is 3.16. The van der Waals surface area contributed by atoms with Crippen molar-refractivity contribution in [2.75, 3.05) is 20.3 Å². The summed E-state index contributed by atoms with van der Waals surface area (Å²) in [5.74, 6) is 1.42. The molecule has 0 unspecified atom stereocenters. The van der Waals surface area contributed by atoms with Crippen molar-refractivity contribution in [2.24, 2.45) is 0 Å². The van der Waals surface area contributed by atoms with Gasteiger partial charge in [-0.1, -0.05) is 6.07 Å². The molecule has 5 nitrogen and oxygen atoms in total. The van der Waals surface area contributed by atoms with E-state index in [-0.39, 0.29) is 13.2 Å². The van der Waals surface area contributed by atoms with Gasteiger partial charge in [-0.15, -0.1) is 0 Å². The van der Waals surface area contributed by atoms with E-state index < -0.39 is 0 Å². The Balaban J connectivity index is 2.42. The topological polar surface area (TPSA) is 61.9 Å². The third kappa shape index (κ3) is 4.35. The number of hydroxylamine groups is 1. The van der Waals surface area contributed by atoms with Crippen LogP contribution in [0.2, 0.25) is 0 Å². The average Bonchev–Trinajstić information content (AvgIpc) is 2.67. The molecule has 2 N–H and O–H groups in total. The van der Waals surface area contributed by atoms with Gasteiger partial charge >= 0.3 is 0 Å². The van der Waals surface area contributed by atoms with Crippen molar-refractivity contribution in [3.63, 3.8) is 0 Å². The minimum Gasteiger partial charge on any atom is -0.497 e. The van der Waals surface area contributed by atoms with E-state index in [1.54, 1.807) is 19.3 Å². The van der Waals surface area contributed by atoms with Crippen molar-refractivity contribution < 1.29 is 24.5 Å². The average molecular weight is 358 g/mol. The lowest BCUT2D eigenvalue weighted by molar-refractivity contribution is -0.735. The van der Waals surface area contributed by atoms with Gasteiger partial charge in [-0.3, -0.25) is 5.21 Å². The fourth-order valence-corrected chi connectivity index (χ4v) is 3.16. The molecule has 0 amide bonds. The van der Waals surface area contributed by atoms with Crippen molar-refractivity contribution >= 4 is 5.71 Å². The highest BCUT2D eigenvalue weighted by atomic mass is 16.5. The Morgan fingerprint density at radius 3 is 2.73 bits per heavy atom. The first kappa shape index (κ1) is 19.8. The largest absolute Gasteiger partial charge is 0.497 e. The van der Waals surface area contributed by atoms with Crippen LogP contribution >= 0.6 is 0 Å². The molecule has 0 saturated carbocycles. The van der Waals surface area contributed by atoms with Crippen LogP contribution in [0.4, 0.5) is 0 Å². The Hall–Kier alpha value is -2.53. The first-order valence-corrected chi connectivity index (χ1v) is 8.82. The van der Waals surface area contributed by atoms with Gasteiger partial charge in [0, 0.05) is 22.8 Å². The predicted molar refractivity (Wildman–Crippen MR) is 102 cm³/mol. The van der Waals surface area contributed by atoms with Gasteiger partial charge in [0.05, 0.1) is 19.3 Å². The number of allylic oxidation sites excluding steroid dienone is 3. The summed E-state index contributed by atoms with van der Waals surface area (Å²) in [5, 5.41) is 19.7. The first-order valence-electron chi connectivity index (χ1n) is 8.82. The van der Waals surface area contributed by atoms with Gasteiger partial charge in [-0.05, 0) is 57.0 Å². The smallest absolute Gasteiger partial charge is 0.250 e. The molecular formula is C21H28NO4+. The predicted octanol–water partition coefficient (Wildman–Crippen LogP) is 3.51. The number of ether oxygens (including phenoxy) is 2. The highest BCUT2D eigenvalue weighted by Crippen LogP contribution is 2.31. The van der Waals surface area contributed by atoms with E-state index in [0.29, 0.717) is 11.5 Å². The number of aliphatic hydroxyl groups is 1. The summed E-state index contributed by atoms with van der Waals surface area (Å²) in [5.41, 5.74) is 4.42. The van der Waals surface area contributed by atoms with Crippen molar-refractivity contribution in [2.45, 2.75) is 33.1 Å². The number of rotatable bonds is 7. The molecule has 0 bridgehead atoms. The zero-order chi connectivity index (χ0) is 19.1. The minimum atomic E-state index is -0.0341. The summed E-state index contributed by atoms with van der Waals surface area (Å²) in [6.07, 6.45) is 8.00. The Morgan fingerprint density at radius 1 is 1.31 bits per heavy atom. The minimum absolute atomic E-state index is 0.0341. The number of hydrogen-bond donors (Lipinski definition) is 2. The van der Waals surface area contributed by atoms with Crippen molar-refractivity contribution in [3.05, 3.63) is 65.1 Å². The monoisotopic (exact) mass is 358 g/mol. The van der Waals surface area contributed by atoms with Crippen LogP contribution in [0.25, 0.3) is 0 Å². The number of aliphatic hydroxyl groups excluding tert-OH is 1. The first-order chi connectivity index (χ1) is 12.5. The molecule has 0 atom stereocenters. The zero-order valence-electron chi connectivity index (χ0n) is 15.8. The normalized spacial score (nSPS) is 16.4. The molecule has 0 spiro atoms. The van der Waals surface area contributed by atoms with Crippen LogP contribution in [-0.4, -0.2) is 41.1 Å². The van der Waals surface area contributed by atoms with Gasteiger partial charge in [0.15, 0.2) is 0 Å². The summed E-state index contributed by atoms with van der Waals surface area (Å²) >= 11 is 0. The van der Waals surface area contributed by atoms with Crippen LogP contribution in [0.3, 0.4) is 0 Å². The van der Waals surface area contributed by atoms with Gasteiger partial charge in [0.25, 0.3) is 5.70 Å². The van der Waals surface area contributed by atoms with Gasteiger partial charge < -0.3 is 14.6 Å². The van der Waals surface area contributed by atoms with E-state index in [2.05, 4.69) is 6.58 Å². The van der Waals surface area contributed by atoms with E-state index in [9.17, 15) is 5.21 Å². The molecule has 0 radical (unpaired) electrons. The maximum atomic E-state index is 10.7. The lowest BCUT2D eigenvalue weighted by atomic mass is 9.86. The van der Waals surface area contributed by atoms with Gasteiger partial charge in [0.2, 0.25) is 5.71 Å². The van der Waals surface area contributed by atoms with Crippen molar-refractivity contribution in [3.8, 4) is 5.75 Å². The summed E-state index contributed by atoms with van der Waals surface area (Å²) < 4.78 is 12.0. The molecule has 26 heavy (non-hydrogen) atoms. The second-order valence-electron chi connectivity index (χ2n) is 6.13. The van der Waals surface area contributed by atoms with Crippen LogP contribution in [-0.2, 0) is 11.2 Å². The van der Waals surface area contributed by atoms with E-state index in [0.717, 1.165) is 46.6 Å². The molecule has 0 aliphatic heterocycles. The number of aryl methyl sites for hydroxylation is 1. The number of benzene rings is 1. The van der Waals surface area contributed by atoms with Crippen LogP contribution < -0.4 is 4.74 Å². The molecule has 1 aromatic rings. The molecule has 140 valence electrons. The van der Waals surface area contributed by atoms with Gasteiger partial charge in [-0.25, -0.2) is 0 Å². The zero-order valence-corrected chi connectivity index (χ0v) is 15.8. The standard InChI is InChI=1S/C21H28NO4/c1-5-18(25-4)11-9-15(2)22(24)19-8-6-7-17-10-12-20(26-14-13-23)16(3)21(17)19/h5,9-12,23-24H,2,6-8,13-14H2,1,3-4H3/q+1/b11-9-,18-5+,22-19-. The second-order valence-corrected chi connectivity index (χ2v) is 6.13. The lowest BCUT2D eigenvalue weighted by Gasteiger charge is -2.19. The third-order valence-electron chi connectivity index (χ3n) is 4.49. The molecular weight excluding hydrogens is 330 g/mol. The Bertz CT molecular complexity index is 760. The second kappa shape index (κ2) is 9.25. The van der Waals surface area contributed by atoms with Crippen LogP contribution in [0.1, 0.15) is 36.5 Å². The highest BCUT2D eigenvalue weighted by Gasteiger charge is 2.29. The molecule has 0 aromatic heterocycles. The molecule has 1 aliphatic rings. The Labute approximate surface area is 155 Å². The van der Waals surface area contributed by atoms with E-state index in [1.165, 1.54) is 5.56 Å². The van der Waals surface area contributed by atoms with Crippen molar-refractivity contribution in [1.82, 2.24) is 0 Å². The van der Waals surface area contributed by atoms with Crippen LogP contribution in [0, 0.1) is 6.92 Å². The molecule has 5 heteroatoms. The molecule has 1 aliphatic carbocycles. The molecule has 1 aromatic carbocycles.